The fourth-order valence-corrected chi connectivity index (χ4v) is 0.480. The molecule has 11 heavy (non-hydrogen) atoms. The zero-order valence-electron chi connectivity index (χ0n) is 6.20. The monoisotopic (exact) mass is 160 g/mol. The molecular weight excluding hydrogens is 152 g/mol. The molecule has 0 rings (SSSR count). The van der Waals surface area contributed by atoms with E-state index >= 15 is 0 Å². The van der Waals surface area contributed by atoms with E-state index in [1.165, 1.54) is 0 Å². The van der Waals surface area contributed by atoms with Crippen molar-refractivity contribution >= 4 is 18.2 Å². The molecule has 0 fully saturated rings. The Morgan fingerprint density at radius 3 is 2.27 bits per heavy atom. The number of esters is 1. The van der Waals surface area contributed by atoms with Crippen LogP contribution in [-0.2, 0) is 23.9 Å². The van der Waals surface area contributed by atoms with Gasteiger partial charge in [0.2, 0.25) is 0 Å². The summed E-state index contributed by atoms with van der Waals surface area (Å²) in [7, 11) is 1.10. The summed E-state index contributed by atoms with van der Waals surface area (Å²) >= 11 is 0. The molecule has 0 saturated carbocycles. The molecule has 0 aromatic carbocycles. The van der Waals surface area contributed by atoms with Gasteiger partial charge in [-0.2, -0.15) is 0 Å². The highest BCUT2D eigenvalue weighted by atomic mass is 16.6. The molecule has 0 aromatic heterocycles. The van der Waals surface area contributed by atoms with Crippen LogP contribution in [0.15, 0.2) is 0 Å². The van der Waals surface area contributed by atoms with Gasteiger partial charge in [-0.05, 0) is 6.92 Å². The molecular formula is C6H8O5. The fraction of sp³-hybridized carbons (Fsp3) is 0.500. The number of carbonyl (C=O) groups excluding carboxylic acids is 3. The zero-order chi connectivity index (χ0) is 8.85. The largest absolute Gasteiger partial charge is 0.466 e. The van der Waals surface area contributed by atoms with Crippen molar-refractivity contribution in [1.29, 1.82) is 0 Å². The maximum atomic E-state index is 10.6. The van der Waals surface area contributed by atoms with Crippen LogP contribution in [0.3, 0.4) is 0 Å². The molecule has 0 aliphatic heterocycles. The Morgan fingerprint density at radius 1 is 1.45 bits per heavy atom. The van der Waals surface area contributed by atoms with Gasteiger partial charge in [-0.3, -0.25) is 9.59 Å². The van der Waals surface area contributed by atoms with E-state index in [0.29, 0.717) is 0 Å². The number of methoxy groups -OCH3 is 1. The number of ether oxygens (including phenoxy) is 2. The maximum Gasteiger partial charge on any atom is 0.355 e. The van der Waals surface area contributed by atoms with Crippen molar-refractivity contribution < 1.29 is 23.9 Å². The topological polar surface area (TPSA) is 69.7 Å². The first kappa shape index (κ1) is 9.61. The van der Waals surface area contributed by atoms with E-state index in [2.05, 4.69) is 9.47 Å². The molecule has 5 heteroatoms. The molecule has 5 nitrogen and oxygen atoms in total. The van der Waals surface area contributed by atoms with Crippen LogP contribution in [0.4, 0.5) is 0 Å². The van der Waals surface area contributed by atoms with Crippen molar-refractivity contribution in [2.24, 2.45) is 0 Å². The minimum Gasteiger partial charge on any atom is -0.466 e. The van der Waals surface area contributed by atoms with Gasteiger partial charge in [-0.1, -0.05) is 0 Å². The van der Waals surface area contributed by atoms with E-state index in [-0.39, 0.29) is 6.47 Å². The molecule has 0 aliphatic rings. The number of hydrogen-bond donors (Lipinski definition) is 0. The van der Waals surface area contributed by atoms with Crippen molar-refractivity contribution in [3.05, 3.63) is 0 Å². The molecule has 1 atom stereocenters. The normalized spacial score (nSPS) is 11.5. The van der Waals surface area contributed by atoms with E-state index in [9.17, 15) is 14.4 Å². The predicted molar refractivity (Wildman–Crippen MR) is 33.6 cm³/mol. The van der Waals surface area contributed by atoms with Crippen molar-refractivity contribution in [2.45, 2.75) is 13.0 Å². The smallest absolute Gasteiger partial charge is 0.355 e. The summed E-state index contributed by atoms with van der Waals surface area (Å²) in [5.74, 6) is -1.44. The molecule has 0 bridgehead atoms. The Balaban J connectivity index is 4.20. The molecule has 62 valence electrons. The van der Waals surface area contributed by atoms with Gasteiger partial charge in [-0.15, -0.1) is 0 Å². The lowest BCUT2D eigenvalue weighted by Gasteiger charge is -2.07. The lowest BCUT2D eigenvalue weighted by molar-refractivity contribution is -0.162. The zero-order valence-corrected chi connectivity index (χ0v) is 6.20. The predicted octanol–water partition coefficient (Wildman–Crippen LogP) is -0.710. The average Bonchev–Trinajstić information content (AvgIpc) is 1.98. The summed E-state index contributed by atoms with van der Waals surface area (Å²) in [6.07, 6.45) is -1.42. The number of carbonyl (C=O) groups is 3. The quantitative estimate of drug-likeness (QED) is 0.308. The van der Waals surface area contributed by atoms with Gasteiger partial charge >= 0.3 is 5.97 Å². The Labute approximate surface area is 63.3 Å². The van der Waals surface area contributed by atoms with E-state index < -0.39 is 17.9 Å². The standard InChI is InChI=1S/C6H8O5/c1-4(8)5(11-3-7)6(9)10-2/h3,5H,1-2H3. The van der Waals surface area contributed by atoms with Crippen LogP contribution in [-0.4, -0.2) is 31.4 Å². The molecule has 0 heterocycles. The third-order valence-electron chi connectivity index (χ3n) is 0.976. The van der Waals surface area contributed by atoms with E-state index in [1.54, 1.807) is 0 Å². The molecule has 0 radical (unpaired) electrons. The number of rotatable bonds is 4. The van der Waals surface area contributed by atoms with Crippen molar-refractivity contribution in [2.75, 3.05) is 7.11 Å². The molecule has 0 amide bonds. The van der Waals surface area contributed by atoms with Gasteiger partial charge in [0, 0.05) is 0 Å². The molecule has 0 aromatic rings. The van der Waals surface area contributed by atoms with Crippen LogP contribution < -0.4 is 0 Å². The minimum atomic E-state index is -1.42. The van der Waals surface area contributed by atoms with Crippen molar-refractivity contribution in [1.82, 2.24) is 0 Å². The Morgan fingerprint density at radius 2 is 2.00 bits per heavy atom. The van der Waals surface area contributed by atoms with E-state index in [4.69, 9.17) is 0 Å². The number of ketones is 1. The fourth-order valence-electron chi connectivity index (χ4n) is 0.480. The average molecular weight is 160 g/mol. The summed E-state index contributed by atoms with van der Waals surface area (Å²) in [5.41, 5.74) is 0. The molecule has 0 aliphatic carbocycles. The molecule has 1 unspecified atom stereocenters. The number of hydrogen-bond acceptors (Lipinski definition) is 5. The summed E-state index contributed by atoms with van der Waals surface area (Å²) < 4.78 is 8.33. The van der Waals surface area contributed by atoms with E-state index in [0.717, 1.165) is 14.0 Å². The lowest BCUT2D eigenvalue weighted by atomic mass is 10.2. The SMILES string of the molecule is COC(=O)C(OC=O)C(C)=O. The number of Topliss-reactive ketones (excluding diaryl/α,β-unsaturated/α-hetero) is 1. The summed E-state index contributed by atoms with van der Waals surface area (Å²) in [6, 6.07) is 0. The van der Waals surface area contributed by atoms with Crippen LogP contribution in [0.1, 0.15) is 6.92 Å². The lowest BCUT2D eigenvalue weighted by Crippen LogP contribution is -2.31. The van der Waals surface area contributed by atoms with E-state index in [1.807, 2.05) is 0 Å². The Hall–Kier alpha value is -1.39. The van der Waals surface area contributed by atoms with Crippen LogP contribution >= 0.6 is 0 Å². The highest BCUT2D eigenvalue weighted by Crippen LogP contribution is 1.94. The van der Waals surface area contributed by atoms with Crippen LogP contribution in [0.5, 0.6) is 0 Å². The molecule has 0 saturated heterocycles. The third-order valence-corrected chi connectivity index (χ3v) is 0.976. The minimum absolute atomic E-state index is 0.0307. The van der Waals surface area contributed by atoms with Crippen molar-refractivity contribution in [3.63, 3.8) is 0 Å². The first-order chi connectivity index (χ1) is 5.13. The summed E-state index contributed by atoms with van der Waals surface area (Å²) in [6.45, 7) is 1.16. The first-order valence-corrected chi connectivity index (χ1v) is 2.81. The van der Waals surface area contributed by atoms with Gasteiger partial charge in [0.1, 0.15) is 0 Å². The second kappa shape index (κ2) is 4.43. The highest BCUT2D eigenvalue weighted by molar-refractivity contribution is 6.01. The third kappa shape index (κ3) is 2.79. The Bertz CT molecular complexity index is 174. The second-order valence-corrected chi connectivity index (χ2v) is 1.75. The Kier molecular flexibility index (Phi) is 3.87. The molecule has 0 spiro atoms. The molecule has 0 N–H and O–H groups in total. The maximum absolute atomic E-state index is 10.6. The van der Waals surface area contributed by atoms with Gasteiger partial charge < -0.3 is 9.47 Å². The van der Waals surface area contributed by atoms with Crippen LogP contribution in [0.2, 0.25) is 0 Å². The summed E-state index contributed by atoms with van der Waals surface area (Å²) in [4.78, 5) is 30.9. The van der Waals surface area contributed by atoms with Gasteiger partial charge in [0.25, 0.3) is 12.6 Å². The second-order valence-electron chi connectivity index (χ2n) is 1.75. The van der Waals surface area contributed by atoms with Gasteiger partial charge in [-0.25, -0.2) is 4.79 Å². The van der Waals surface area contributed by atoms with Crippen LogP contribution in [0.25, 0.3) is 0 Å². The van der Waals surface area contributed by atoms with Gasteiger partial charge in [0.05, 0.1) is 7.11 Å². The van der Waals surface area contributed by atoms with Crippen LogP contribution in [0, 0.1) is 0 Å². The van der Waals surface area contributed by atoms with Crippen molar-refractivity contribution in [3.8, 4) is 0 Å². The summed E-state index contributed by atoms with van der Waals surface area (Å²) in [5, 5.41) is 0. The first-order valence-electron chi connectivity index (χ1n) is 2.81. The van der Waals surface area contributed by atoms with Gasteiger partial charge in [0.15, 0.2) is 5.78 Å². The highest BCUT2D eigenvalue weighted by Gasteiger charge is 2.25.